The lowest BCUT2D eigenvalue weighted by Crippen LogP contribution is -2.37. The predicted octanol–water partition coefficient (Wildman–Crippen LogP) is 2.11. The van der Waals surface area contributed by atoms with E-state index >= 15 is 0 Å². The van der Waals surface area contributed by atoms with Crippen molar-refractivity contribution >= 4 is 21.4 Å². The van der Waals surface area contributed by atoms with E-state index in [0.717, 1.165) is 18.9 Å². The number of rotatable bonds is 0. The first-order valence-electron chi connectivity index (χ1n) is 6.27. The van der Waals surface area contributed by atoms with Crippen LogP contribution in [0.15, 0.2) is 23.1 Å². The van der Waals surface area contributed by atoms with Crippen molar-refractivity contribution in [3.05, 3.63) is 24.0 Å². The lowest BCUT2D eigenvalue weighted by molar-refractivity contribution is -0.124. The fourth-order valence-corrected chi connectivity index (χ4v) is 5.21. The van der Waals surface area contributed by atoms with Gasteiger partial charge in [-0.1, -0.05) is 18.9 Å². The van der Waals surface area contributed by atoms with E-state index in [1.54, 1.807) is 0 Å². The molecule has 19 heavy (non-hydrogen) atoms. The van der Waals surface area contributed by atoms with E-state index in [4.69, 9.17) is 0 Å². The molecule has 3 rings (SSSR count). The number of hydrogen-bond donors (Lipinski definition) is 1. The van der Waals surface area contributed by atoms with Gasteiger partial charge in [-0.3, -0.25) is 4.79 Å². The molecule has 1 aliphatic heterocycles. The molecular formula is C13H14FNO3S. The molecule has 1 saturated carbocycles. The van der Waals surface area contributed by atoms with Gasteiger partial charge in [0.15, 0.2) is 9.84 Å². The minimum atomic E-state index is -3.79. The topological polar surface area (TPSA) is 63.2 Å². The van der Waals surface area contributed by atoms with Crippen LogP contribution >= 0.6 is 0 Å². The number of nitrogens with one attached hydrogen (secondary N) is 1. The number of fused-ring (bicyclic) bond motifs is 1. The number of carbonyl (C=O) groups is 1. The summed E-state index contributed by atoms with van der Waals surface area (Å²) in [4.78, 5) is 11.9. The molecule has 1 aromatic carbocycles. The Labute approximate surface area is 110 Å². The summed E-state index contributed by atoms with van der Waals surface area (Å²) in [6.45, 7) is 0. The van der Waals surface area contributed by atoms with Gasteiger partial charge in [0.1, 0.15) is 10.7 Å². The summed E-state index contributed by atoms with van der Waals surface area (Å²) in [5.74, 6) is -1.38. The summed E-state index contributed by atoms with van der Waals surface area (Å²) < 4.78 is 38.6. The highest BCUT2D eigenvalue weighted by Gasteiger charge is 2.48. The highest BCUT2D eigenvalue weighted by Crippen LogP contribution is 2.44. The molecule has 1 amide bonds. The summed E-state index contributed by atoms with van der Waals surface area (Å²) in [7, 11) is -3.79. The molecule has 0 bridgehead atoms. The lowest BCUT2D eigenvalue weighted by Gasteiger charge is -2.23. The van der Waals surface area contributed by atoms with Crippen LogP contribution in [-0.2, 0) is 14.6 Å². The predicted molar refractivity (Wildman–Crippen MR) is 68.0 cm³/mol. The van der Waals surface area contributed by atoms with Gasteiger partial charge >= 0.3 is 0 Å². The van der Waals surface area contributed by atoms with Crippen LogP contribution in [0.25, 0.3) is 0 Å². The Balaban J connectivity index is 2.20. The molecule has 1 aliphatic carbocycles. The normalized spacial score (nSPS) is 23.7. The van der Waals surface area contributed by atoms with E-state index in [2.05, 4.69) is 5.32 Å². The SMILES string of the molecule is O=C1Nc2cccc(F)c2S(=O)(=O)CC12CCCC2. The van der Waals surface area contributed by atoms with E-state index in [0.29, 0.717) is 12.8 Å². The van der Waals surface area contributed by atoms with Crippen molar-refractivity contribution in [1.29, 1.82) is 0 Å². The zero-order valence-corrected chi connectivity index (χ0v) is 11.1. The van der Waals surface area contributed by atoms with Crippen molar-refractivity contribution in [3.8, 4) is 0 Å². The molecular weight excluding hydrogens is 269 g/mol. The fourth-order valence-electron chi connectivity index (χ4n) is 3.10. The second kappa shape index (κ2) is 4.03. The Morgan fingerprint density at radius 2 is 1.89 bits per heavy atom. The number of halogens is 1. The van der Waals surface area contributed by atoms with Crippen LogP contribution in [0.3, 0.4) is 0 Å². The summed E-state index contributed by atoms with van der Waals surface area (Å²) in [5.41, 5.74) is -0.821. The third-order valence-corrected chi connectivity index (χ3v) is 6.00. The first-order valence-corrected chi connectivity index (χ1v) is 7.93. The van der Waals surface area contributed by atoms with Crippen LogP contribution < -0.4 is 5.32 Å². The van der Waals surface area contributed by atoms with E-state index in [9.17, 15) is 17.6 Å². The first-order chi connectivity index (χ1) is 8.95. The second-order valence-electron chi connectivity index (χ2n) is 5.32. The molecule has 2 aliphatic rings. The monoisotopic (exact) mass is 283 g/mol. The van der Waals surface area contributed by atoms with Crippen LogP contribution in [0.5, 0.6) is 0 Å². The van der Waals surface area contributed by atoms with Gasteiger partial charge in [-0.15, -0.1) is 0 Å². The van der Waals surface area contributed by atoms with Crippen molar-refractivity contribution in [2.24, 2.45) is 5.41 Å². The minimum Gasteiger partial charge on any atom is -0.324 e. The molecule has 0 atom stereocenters. The molecule has 1 fully saturated rings. The third kappa shape index (κ3) is 1.85. The van der Waals surface area contributed by atoms with Gasteiger partial charge in [0.05, 0.1) is 16.9 Å². The van der Waals surface area contributed by atoms with Crippen molar-refractivity contribution in [3.63, 3.8) is 0 Å². The second-order valence-corrected chi connectivity index (χ2v) is 7.24. The Bertz CT molecular complexity index is 648. The smallest absolute Gasteiger partial charge is 0.231 e. The minimum absolute atomic E-state index is 0.0637. The van der Waals surface area contributed by atoms with Crippen LogP contribution in [-0.4, -0.2) is 20.1 Å². The zero-order valence-electron chi connectivity index (χ0n) is 10.3. The summed E-state index contributed by atoms with van der Waals surface area (Å²) in [6, 6.07) is 3.94. The van der Waals surface area contributed by atoms with Crippen LogP contribution in [0, 0.1) is 11.2 Å². The summed E-state index contributed by atoms with van der Waals surface area (Å²) in [6.07, 6.45) is 2.77. The maximum Gasteiger partial charge on any atom is 0.231 e. The van der Waals surface area contributed by atoms with Crippen molar-refractivity contribution < 1.29 is 17.6 Å². The van der Waals surface area contributed by atoms with E-state index < -0.39 is 21.1 Å². The van der Waals surface area contributed by atoms with Crippen LogP contribution in [0.4, 0.5) is 10.1 Å². The molecule has 0 saturated heterocycles. The molecule has 1 aromatic rings. The number of anilines is 1. The van der Waals surface area contributed by atoms with Gasteiger partial charge in [0.25, 0.3) is 0 Å². The Hall–Kier alpha value is -1.43. The molecule has 0 radical (unpaired) electrons. The Kier molecular flexibility index (Phi) is 2.67. The first kappa shape index (κ1) is 12.6. The lowest BCUT2D eigenvalue weighted by atomic mass is 9.87. The largest absolute Gasteiger partial charge is 0.324 e. The average Bonchev–Trinajstić information content (AvgIpc) is 2.74. The van der Waals surface area contributed by atoms with Crippen molar-refractivity contribution in [2.45, 2.75) is 30.6 Å². The van der Waals surface area contributed by atoms with Crippen LogP contribution in [0.2, 0.25) is 0 Å². The van der Waals surface area contributed by atoms with Gasteiger partial charge in [0, 0.05) is 0 Å². The van der Waals surface area contributed by atoms with Gasteiger partial charge < -0.3 is 5.32 Å². The quantitative estimate of drug-likeness (QED) is 0.793. The molecule has 0 aromatic heterocycles. The zero-order chi connectivity index (χ0) is 13.7. The maximum absolute atomic E-state index is 13.8. The molecule has 102 valence electrons. The molecule has 1 spiro atoms. The summed E-state index contributed by atoms with van der Waals surface area (Å²) in [5, 5.41) is 2.59. The molecule has 4 nitrogen and oxygen atoms in total. The number of benzene rings is 1. The Morgan fingerprint density at radius 1 is 1.21 bits per heavy atom. The highest BCUT2D eigenvalue weighted by molar-refractivity contribution is 7.91. The number of carbonyl (C=O) groups excluding carboxylic acids is 1. The molecule has 1 heterocycles. The Morgan fingerprint density at radius 3 is 2.58 bits per heavy atom. The summed E-state index contributed by atoms with van der Waals surface area (Å²) >= 11 is 0. The number of amides is 1. The fraction of sp³-hybridized carbons (Fsp3) is 0.462. The maximum atomic E-state index is 13.8. The van der Waals surface area contributed by atoms with Crippen molar-refractivity contribution in [1.82, 2.24) is 0 Å². The highest BCUT2D eigenvalue weighted by atomic mass is 32.2. The average molecular weight is 283 g/mol. The van der Waals surface area contributed by atoms with E-state index in [1.807, 2.05) is 0 Å². The van der Waals surface area contributed by atoms with Gasteiger partial charge in [0.2, 0.25) is 5.91 Å². The number of hydrogen-bond acceptors (Lipinski definition) is 3. The molecule has 0 unspecified atom stereocenters. The van der Waals surface area contributed by atoms with Crippen LogP contribution in [0.1, 0.15) is 25.7 Å². The van der Waals surface area contributed by atoms with Gasteiger partial charge in [-0.2, -0.15) is 0 Å². The standard InChI is InChI=1S/C13H14FNO3S/c14-9-4-3-5-10-11(9)19(17,18)8-13(12(16)15-10)6-1-2-7-13/h3-5H,1-2,6-8H2,(H,15,16). The molecule has 6 heteroatoms. The third-order valence-electron chi connectivity index (χ3n) is 4.03. The number of sulfone groups is 1. The van der Waals surface area contributed by atoms with E-state index in [-0.39, 0.29) is 22.2 Å². The van der Waals surface area contributed by atoms with Gasteiger partial charge in [-0.05, 0) is 25.0 Å². The van der Waals surface area contributed by atoms with Gasteiger partial charge in [-0.25, -0.2) is 12.8 Å². The van der Waals surface area contributed by atoms with E-state index in [1.165, 1.54) is 12.1 Å². The molecule has 1 N–H and O–H groups in total. The van der Waals surface area contributed by atoms with Crippen molar-refractivity contribution in [2.75, 3.05) is 11.1 Å².